The first-order chi connectivity index (χ1) is 19.0. The van der Waals surface area contributed by atoms with E-state index in [9.17, 15) is 14.4 Å². The van der Waals surface area contributed by atoms with E-state index in [2.05, 4.69) is 22.3 Å². The standard InChI is InChI=1S/C30H34N6O4/c1-5-25(37)33-20-8-6-9-21(15-20)36-16-23(26(31)34-36)19-10-11-22-24(14-19)30(17-32-27(22)38)12-7-13-35(18-30)28(39)40-29(2,3)4/h5-6,8-11,14-16H,1,7,12-13,17-18H2,2-4H3,(H2,31,34)(H,32,38)(H,33,37). The average molecular weight is 543 g/mol. The third-order valence-electron chi connectivity index (χ3n) is 7.27. The summed E-state index contributed by atoms with van der Waals surface area (Å²) in [6.07, 6.45) is 4.30. The highest BCUT2D eigenvalue weighted by molar-refractivity contribution is 5.99. The molecule has 1 aromatic heterocycles. The number of nitrogens with two attached hydrogens (primary N) is 1. The first-order valence-corrected chi connectivity index (χ1v) is 13.3. The van der Waals surface area contributed by atoms with Crippen LogP contribution in [0, 0.1) is 0 Å². The summed E-state index contributed by atoms with van der Waals surface area (Å²) < 4.78 is 7.31. The Balaban J connectivity index is 1.49. The molecular weight excluding hydrogens is 508 g/mol. The van der Waals surface area contributed by atoms with Gasteiger partial charge in [0.2, 0.25) is 5.91 Å². The van der Waals surface area contributed by atoms with Crippen molar-refractivity contribution < 1.29 is 19.1 Å². The second-order valence-corrected chi connectivity index (χ2v) is 11.3. The third-order valence-corrected chi connectivity index (χ3v) is 7.27. The molecule has 3 amide bonds. The molecule has 1 fully saturated rings. The van der Waals surface area contributed by atoms with Gasteiger partial charge in [-0.2, -0.15) is 5.10 Å². The molecule has 1 atom stereocenters. The molecule has 3 aromatic rings. The van der Waals surface area contributed by atoms with Gasteiger partial charge in [-0.1, -0.05) is 18.7 Å². The minimum absolute atomic E-state index is 0.136. The third kappa shape index (κ3) is 5.29. The maximum Gasteiger partial charge on any atom is 0.410 e. The maximum atomic E-state index is 12.9. The van der Waals surface area contributed by atoms with Gasteiger partial charge in [0, 0.05) is 48.1 Å². The molecule has 0 bridgehead atoms. The highest BCUT2D eigenvalue weighted by Crippen LogP contribution is 2.41. The zero-order chi connectivity index (χ0) is 28.7. The van der Waals surface area contributed by atoms with Gasteiger partial charge in [-0.25, -0.2) is 9.48 Å². The van der Waals surface area contributed by atoms with Crippen molar-refractivity contribution in [3.05, 3.63) is 72.4 Å². The Kier molecular flexibility index (Phi) is 6.87. The number of benzene rings is 2. The summed E-state index contributed by atoms with van der Waals surface area (Å²) in [6.45, 7) is 10.5. The van der Waals surface area contributed by atoms with Crippen LogP contribution in [0.1, 0.15) is 49.5 Å². The van der Waals surface area contributed by atoms with E-state index in [-0.39, 0.29) is 17.9 Å². The van der Waals surface area contributed by atoms with Crippen molar-refractivity contribution in [2.24, 2.45) is 0 Å². The summed E-state index contributed by atoms with van der Waals surface area (Å²) in [5, 5.41) is 10.3. The number of nitrogen functional groups attached to an aromatic ring is 1. The number of aromatic nitrogens is 2. The molecule has 3 heterocycles. The summed E-state index contributed by atoms with van der Waals surface area (Å²) in [5.74, 6) is -0.116. The zero-order valence-corrected chi connectivity index (χ0v) is 23.0. The van der Waals surface area contributed by atoms with Crippen LogP contribution in [0.15, 0.2) is 61.3 Å². The zero-order valence-electron chi connectivity index (χ0n) is 23.0. The van der Waals surface area contributed by atoms with E-state index in [0.717, 1.165) is 24.0 Å². The molecule has 1 spiro atoms. The van der Waals surface area contributed by atoms with E-state index in [1.54, 1.807) is 21.7 Å². The number of ether oxygens (including phenoxy) is 1. The summed E-state index contributed by atoms with van der Waals surface area (Å²) in [4.78, 5) is 39.3. The number of likely N-dealkylation sites (tertiary alicyclic amines) is 1. The lowest BCUT2D eigenvalue weighted by molar-refractivity contribution is -0.111. The first-order valence-electron chi connectivity index (χ1n) is 13.3. The van der Waals surface area contributed by atoms with Crippen LogP contribution in [0.4, 0.5) is 16.3 Å². The minimum atomic E-state index is -0.595. The number of anilines is 2. The molecule has 5 rings (SSSR count). The van der Waals surface area contributed by atoms with Crippen molar-refractivity contribution in [3.8, 4) is 16.8 Å². The number of nitrogens with zero attached hydrogens (tertiary/aromatic N) is 3. The number of amides is 3. The lowest BCUT2D eigenvalue weighted by Gasteiger charge is -2.46. The Labute approximate surface area is 233 Å². The van der Waals surface area contributed by atoms with Crippen LogP contribution in [0.25, 0.3) is 16.8 Å². The Morgan fingerprint density at radius 2 is 2.00 bits per heavy atom. The normalized spacial score (nSPS) is 18.6. The number of nitrogens with one attached hydrogen (secondary N) is 2. The van der Waals surface area contributed by atoms with Gasteiger partial charge in [-0.3, -0.25) is 9.59 Å². The molecule has 0 radical (unpaired) electrons. The number of carbonyl (C=O) groups excluding carboxylic acids is 3. The van der Waals surface area contributed by atoms with Gasteiger partial charge in [-0.05, 0) is 81.1 Å². The fourth-order valence-corrected chi connectivity index (χ4v) is 5.43. The molecule has 208 valence electrons. The number of rotatable bonds is 4. The predicted octanol–water partition coefficient (Wildman–Crippen LogP) is 4.26. The molecule has 1 unspecified atom stereocenters. The van der Waals surface area contributed by atoms with Crippen molar-refractivity contribution in [1.29, 1.82) is 0 Å². The largest absolute Gasteiger partial charge is 0.444 e. The second kappa shape index (κ2) is 10.2. The van der Waals surface area contributed by atoms with Crippen molar-refractivity contribution >= 4 is 29.4 Å². The maximum absolute atomic E-state index is 12.9. The van der Waals surface area contributed by atoms with Crippen LogP contribution in [0.2, 0.25) is 0 Å². The minimum Gasteiger partial charge on any atom is -0.444 e. The lowest BCUT2D eigenvalue weighted by atomic mass is 9.70. The molecule has 0 aliphatic carbocycles. The van der Waals surface area contributed by atoms with Crippen LogP contribution in [-0.4, -0.2) is 57.8 Å². The molecule has 10 nitrogen and oxygen atoms in total. The predicted molar refractivity (Wildman–Crippen MR) is 153 cm³/mol. The van der Waals surface area contributed by atoms with Crippen LogP contribution >= 0.6 is 0 Å². The van der Waals surface area contributed by atoms with Crippen LogP contribution in [0.3, 0.4) is 0 Å². The fraction of sp³-hybridized carbons (Fsp3) is 0.333. The topological polar surface area (TPSA) is 132 Å². The van der Waals surface area contributed by atoms with Gasteiger partial charge in [0.05, 0.1) is 5.69 Å². The second-order valence-electron chi connectivity index (χ2n) is 11.3. The number of fused-ring (bicyclic) bond motifs is 2. The molecule has 4 N–H and O–H groups in total. The van der Waals surface area contributed by atoms with Crippen molar-refractivity contribution in [2.75, 3.05) is 30.7 Å². The monoisotopic (exact) mass is 542 g/mol. The van der Waals surface area contributed by atoms with Crippen molar-refractivity contribution in [3.63, 3.8) is 0 Å². The van der Waals surface area contributed by atoms with Gasteiger partial charge in [0.1, 0.15) is 5.60 Å². The molecule has 0 saturated carbocycles. The Morgan fingerprint density at radius 3 is 2.75 bits per heavy atom. The summed E-state index contributed by atoms with van der Waals surface area (Å²) in [7, 11) is 0. The smallest absolute Gasteiger partial charge is 0.410 e. The Bertz CT molecular complexity index is 1500. The van der Waals surface area contributed by atoms with Crippen LogP contribution in [0.5, 0.6) is 0 Å². The van der Waals surface area contributed by atoms with E-state index in [1.807, 2.05) is 57.3 Å². The van der Waals surface area contributed by atoms with Gasteiger partial charge in [0.25, 0.3) is 5.91 Å². The van der Waals surface area contributed by atoms with Crippen LogP contribution < -0.4 is 16.4 Å². The van der Waals surface area contributed by atoms with E-state index < -0.39 is 11.0 Å². The van der Waals surface area contributed by atoms with Crippen molar-refractivity contribution in [2.45, 2.75) is 44.6 Å². The summed E-state index contributed by atoms with van der Waals surface area (Å²) in [6, 6.07) is 12.9. The van der Waals surface area contributed by atoms with Crippen LogP contribution in [-0.2, 0) is 14.9 Å². The molecule has 40 heavy (non-hydrogen) atoms. The van der Waals surface area contributed by atoms with Gasteiger partial charge >= 0.3 is 6.09 Å². The van der Waals surface area contributed by atoms with E-state index >= 15 is 0 Å². The van der Waals surface area contributed by atoms with Crippen molar-refractivity contribution in [1.82, 2.24) is 20.0 Å². The van der Waals surface area contributed by atoms with Gasteiger partial charge in [0.15, 0.2) is 5.82 Å². The molecule has 2 aliphatic heterocycles. The molecule has 1 saturated heterocycles. The van der Waals surface area contributed by atoms with Gasteiger partial charge < -0.3 is 26.0 Å². The number of carbonyl (C=O) groups is 3. The Hall–Kier alpha value is -4.60. The number of hydrogen-bond acceptors (Lipinski definition) is 6. The van der Waals surface area contributed by atoms with E-state index in [0.29, 0.717) is 48.0 Å². The highest BCUT2D eigenvalue weighted by atomic mass is 16.6. The molecular formula is C30H34N6O4. The first kappa shape index (κ1) is 27.0. The molecule has 2 aromatic carbocycles. The van der Waals surface area contributed by atoms with E-state index in [1.165, 1.54) is 6.08 Å². The lowest BCUT2D eigenvalue weighted by Crippen LogP contribution is -2.57. The number of hydrogen-bond donors (Lipinski definition) is 3. The van der Waals surface area contributed by atoms with E-state index in [4.69, 9.17) is 10.5 Å². The average Bonchev–Trinajstić information content (AvgIpc) is 3.31. The fourth-order valence-electron chi connectivity index (χ4n) is 5.43. The molecule has 10 heteroatoms. The SMILES string of the molecule is C=CC(=O)Nc1cccc(-n2cc(-c3ccc4c(c3)C3(CCCN(C(=O)OC(C)(C)C)C3)CNC4=O)c(N)n2)c1. The van der Waals surface area contributed by atoms with Gasteiger partial charge in [-0.15, -0.1) is 0 Å². The summed E-state index contributed by atoms with van der Waals surface area (Å²) >= 11 is 0. The number of piperidine rings is 1. The Morgan fingerprint density at radius 1 is 1.20 bits per heavy atom. The molecule has 2 aliphatic rings. The quantitative estimate of drug-likeness (QED) is 0.422. The highest BCUT2D eigenvalue weighted by Gasteiger charge is 2.44. The summed E-state index contributed by atoms with van der Waals surface area (Å²) in [5.41, 5.74) is 9.68.